The quantitative estimate of drug-likeness (QED) is 0.393. The second-order valence-electron chi connectivity index (χ2n) is 8.47. The summed E-state index contributed by atoms with van der Waals surface area (Å²) in [5.74, 6) is 0. The van der Waals surface area contributed by atoms with Gasteiger partial charge in [0.1, 0.15) is 0 Å². The normalized spacial score (nSPS) is 28.8. The van der Waals surface area contributed by atoms with E-state index in [0.717, 1.165) is 65.4 Å². The van der Waals surface area contributed by atoms with Crippen LogP contribution in [0.1, 0.15) is 0 Å². The summed E-state index contributed by atoms with van der Waals surface area (Å²) in [5.41, 5.74) is 0. The number of ether oxygens (including phenoxy) is 7. The number of hydrogen-bond acceptors (Lipinski definition) is 11. The molecule has 0 aromatic carbocycles. The van der Waals surface area contributed by atoms with E-state index in [1.165, 1.54) is 0 Å². The molecule has 3 fully saturated rings. The molecule has 3 aliphatic rings. The third-order valence-corrected chi connectivity index (χ3v) is 5.75. The van der Waals surface area contributed by atoms with E-state index in [1.807, 2.05) is 0 Å². The van der Waals surface area contributed by atoms with Gasteiger partial charge in [0.05, 0.1) is 92.5 Å². The van der Waals surface area contributed by atoms with Crippen LogP contribution in [0.5, 0.6) is 0 Å². The van der Waals surface area contributed by atoms with Gasteiger partial charge >= 0.3 is 0 Å². The molecule has 11 heteroatoms. The van der Waals surface area contributed by atoms with E-state index in [1.54, 1.807) is 0 Å². The molecule has 0 saturated carbocycles. The lowest BCUT2D eigenvalue weighted by atomic mass is 10.4. The van der Waals surface area contributed by atoms with Gasteiger partial charge in [0, 0.05) is 65.4 Å². The van der Waals surface area contributed by atoms with Crippen molar-refractivity contribution in [3.63, 3.8) is 0 Å². The molecule has 0 amide bonds. The van der Waals surface area contributed by atoms with Gasteiger partial charge in [-0.3, -0.25) is 9.80 Å². The molecule has 3 heterocycles. The predicted octanol–water partition coefficient (Wildman–Crippen LogP) is -1.09. The highest BCUT2D eigenvalue weighted by molar-refractivity contribution is 4.60. The molecule has 2 bridgehead atoms. The smallest absolute Gasteiger partial charge is 0.0701 e. The van der Waals surface area contributed by atoms with Crippen molar-refractivity contribution in [3.05, 3.63) is 0 Å². The molecule has 0 aliphatic carbocycles. The zero-order valence-electron chi connectivity index (χ0n) is 21.7. The minimum absolute atomic E-state index is 0.580. The zero-order chi connectivity index (χ0) is 24.5. The second kappa shape index (κ2) is 23.9. The Bertz CT molecular complexity index is 356. The monoisotopic (exact) mass is 506 g/mol. The standard InChI is InChI=1S/C24H50N4O7/c1-11-29-15-5-27-7-17-31-13-3-26-4-14-32-18-8-28(6-16-30-12-2-25-1)10-20-34-22-24-35-23-21-33-19-9-27/h25-26H,1-24H2. The first-order chi connectivity index (χ1) is 17.4. The van der Waals surface area contributed by atoms with E-state index < -0.39 is 0 Å². The molecule has 3 rings (SSSR count). The van der Waals surface area contributed by atoms with Crippen LogP contribution < -0.4 is 10.6 Å². The molecular formula is C24H50N4O7. The fourth-order valence-corrected chi connectivity index (χ4v) is 3.61. The Balaban J connectivity index is 1.85. The maximum Gasteiger partial charge on any atom is 0.0701 e. The van der Waals surface area contributed by atoms with Crippen molar-refractivity contribution in [2.24, 2.45) is 0 Å². The van der Waals surface area contributed by atoms with Gasteiger partial charge in [0.15, 0.2) is 0 Å². The van der Waals surface area contributed by atoms with Crippen LogP contribution in [0.3, 0.4) is 0 Å². The molecule has 2 N–H and O–H groups in total. The highest BCUT2D eigenvalue weighted by atomic mass is 16.5. The Hall–Kier alpha value is -0.440. The van der Waals surface area contributed by atoms with Crippen molar-refractivity contribution in [1.29, 1.82) is 0 Å². The fraction of sp³-hybridized carbons (Fsp3) is 1.00. The van der Waals surface area contributed by atoms with Gasteiger partial charge in [0.25, 0.3) is 0 Å². The van der Waals surface area contributed by atoms with Crippen molar-refractivity contribution in [3.8, 4) is 0 Å². The molecule has 208 valence electrons. The average molecular weight is 507 g/mol. The molecule has 0 unspecified atom stereocenters. The second-order valence-corrected chi connectivity index (χ2v) is 8.47. The lowest BCUT2D eigenvalue weighted by Crippen LogP contribution is -2.36. The van der Waals surface area contributed by atoms with E-state index >= 15 is 0 Å². The maximum atomic E-state index is 5.82. The van der Waals surface area contributed by atoms with Crippen LogP contribution in [0.2, 0.25) is 0 Å². The maximum absolute atomic E-state index is 5.82. The zero-order valence-corrected chi connectivity index (χ0v) is 21.7. The van der Waals surface area contributed by atoms with E-state index in [9.17, 15) is 0 Å². The van der Waals surface area contributed by atoms with Crippen LogP contribution >= 0.6 is 0 Å². The van der Waals surface area contributed by atoms with Crippen molar-refractivity contribution in [2.45, 2.75) is 0 Å². The summed E-state index contributed by atoms with van der Waals surface area (Å²) < 4.78 is 40.5. The van der Waals surface area contributed by atoms with Crippen molar-refractivity contribution in [2.75, 3.05) is 158 Å². The van der Waals surface area contributed by atoms with Crippen LogP contribution in [-0.2, 0) is 33.2 Å². The molecule has 3 aliphatic heterocycles. The largest absolute Gasteiger partial charge is 0.379 e. The number of nitrogens with one attached hydrogen (secondary N) is 2. The highest BCUT2D eigenvalue weighted by Crippen LogP contribution is 1.94. The van der Waals surface area contributed by atoms with Crippen LogP contribution in [0.25, 0.3) is 0 Å². The SMILES string of the molecule is C1COCCN2CCOCCNCCOCCN(CCOCCN1)CCOCCOCCOCC2. The Kier molecular flexibility index (Phi) is 21.0. The Labute approximate surface area is 212 Å². The van der Waals surface area contributed by atoms with Crippen molar-refractivity contribution < 1.29 is 33.2 Å². The van der Waals surface area contributed by atoms with E-state index in [0.29, 0.717) is 92.5 Å². The van der Waals surface area contributed by atoms with Gasteiger partial charge in [0.2, 0.25) is 0 Å². The first kappa shape index (κ1) is 30.8. The average Bonchev–Trinajstić information content (AvgIpc) is 2.86. The number of fused-ring (bicyclic) bond motifs is 30. The van der Waals surface area contributed by atoms with Gasteiger partial charge in [-0.2, -0.15) is 0 Å². The molecule has 0 atom stereocenters. The summed E-state index contributed by atoms with van der Waals surface area (Å²) in [6.07, 6.45) is 0. The lowest BCUT2D eigenvalue weighted by molar-refractivity contribution is 0.000536. The number of rotatable bonds is 0. The number of hydrogen-bond donors (Lipinski definition) is 2. The van der Waals surface area contributed by atoms with Gasteiger partial charge in [-0.05, 0) is 0 Å². The van der Waals surface area contributed by atoms with E-state index in [2.05, 4.69) is 20.4 Å². The molecular weight excluding hydrogens is 456 g/mol. The third-order valence-electron chi connectivity index (χ3n) is 5.75. The Morgan fingerprint density at radius 1 is 0.286 bits per heavy atom. The molecule has 0 aromatic rings. The van der Waals surface area contributed by atoms with E-state index in [-0.39, 0.29) is 0 Å². The van der Waals surface area contributed by atoms with Crippen LogP contribution in [0, 0.1) is 0 Å². The Morgan fingerprint density at radius 2 is 0.514 bits per heavy atom. The third kappa shape index (κ3) is 19.4. The molecule has 11 nitrogen and oxygen atoms in total. The first-order valence-corrected chi connectivity index (χ1v) is 13.4. The fourth-order valence-electron chi connectivity index (χ4n) is 3.61. The summed E-state index contributed by atoms with van der Waals surface area (Å²) in [7, 11) is 0. The van der Waals surface area contributed by atoms with Gasteiger partial charge in [-0.1, -0.05) is 0 Å². The predicted molar refractivity (Wildman–Crippen MR) is 134 cm³/mol. The summed E-state index contributed by atoms with van der Waals surface area (Å²) in [4.78, 5) is 4.66. The van der Waals surface area contributed by atoms with Crippen molar-refractivity contribution in [1.82, 2.24) is 20.4 Å². The van der Waals surface area contributed by atoms with Crippen LogP contribution in [-0.4, -0.2) is 168 Å². The molecule has 0 radical (unpaired) electrons. The molecule has 3 saturated heterocycles. The molecule has 35 heavy (non-hydrogen) atoms. The summed E-state index contributed by atoms with van der Waals surface area (Å²) in [5, 5.41) is 6.76. The van der Waals surface area contributed by atoms with Crippen LogP contribution in [0.15, 0.2) is 0 Å². The Morgan fingerprint density at radius 3 is 0.800 bits per heavy atom. The number of nitrogens with zero attached hydrogens (tertiary/aromatic N) is 2. The first-order valence-electron chi connectivity index (χ1n) is 13.4. The minimum Gasteiger partial charge on any atom is -0.379 e. The topological polar surface area (TPSA) is 95.2 Å². The minimum atomic E-state index is 0.580. The summed E-state index contributed by atoms with van der Waals surface area (Å²) in [6.45, 7) is 17.6. The lowest BCUT2D eigenvalue weighted by Gasteiger charge is -2.23. The van der Waals surface area contributed by atoms with Gasteiger partial charge < -0.3 is 43.8 Å². The van der Waals surface area contributed by atoms with Gasteiger partial charge in [-0.25, -0.2) is 0 Å². The van der Waals surface area contributed by atoms with Crippen molar-refractivity contribution >= 4 is 0 Å². The molecule has 0 spiro atoms. The summed E-state index contributed by atoms with van der Waals surface area (Å²) >= 11 is 0. The summed E-state index contributed by atoms with van der Waals surface area (Å²) in [6, 6.07) is 0. The highest BCUT2D eigenvalue weighted by Gasteiger charge is 2.07. The molecule has 0 aromatic heterocycles. The van der Waals surface area contributed by atoms with Crippen LogP contribution in [0.4, 0.5) is 0 Å². The van der Waals surface area contributed by atoms with Gasteiger partial charge in [-0.15, -0.1) is 0 Å². The van der Waals surface area contributed by atoms with E-state index in [4.69, 9.17) is 33.2 Å².